The molecule has 0 N–H and O–H groups in total. The highest BCUT2D eigenvalue weighted by atomic mass is 16.5. The van der Waals surface area contributed by atoms with E-state index in [1.165, 1.54) is 122 Å². The molecule has 0 aliphatic heterocycles. The Bertz CT molecular complexity index is 873. The summed E-state index contributed by atoms with van der Waals surface area (Å²) >= 11 is 0. The van der Waals surface area contributed by atoms with E-state index < -0.39 is 0 Å². The molecule has 0 radical (unpaired) electrons. The van der Waals surface area contributed by atoms with E-state index in [2.05, 4.69) is 47.6 Å². The number of carbonyl (C=O) groups excluding carboxylic acids is 1. The molecule has 0 aromatic rings. The Labute approximate surface area is 268 Å². The summed E-state index contributed by atoms with van der Waals surface area (Å²) in [6.07, 6.45) is 32.5. The maximum atomic E-state index is 12.7. The van der Waals surface area contributed by atoms with Gasteiger partial charge in [0.1, 0.15) is 6.10 Å². The van der Waals surface area contributed by atoms with Gasteiger partial charge >= 0.3 is 5.97 Å². The summed E-state index contributed by atoms with van der Waals surface area (Å²) in [6.45, 7) is 14.9. The highest BCUT2D eigenvalue weighted by Gasteiger charge is 2.59. The molecule has 4 aliphatic rings. The monoisotopic (exact) mass is 597 g/mol. The average Bonchev–Trinajstić information content (AvgIpc) is 3.33. The van der Waals surface area contributed by atoms with Crippen molar-refractivity contribution in [2.45, 2.75) is 195 Å². The van der Waals surface area contributed by atoms with Crippen LogP contribution in [-0.4, -0.2) is 12.1 Å². The Kier molecular flexibility index (Phi) is 13.6. The van der Waals surface area contributed by atoms with E-state index in [1.807, 2.05) is 0 Å². The van der Waals surface area contributed by atoms with E-state index in [0.717, 1.165) is 54.8 Å². The largest absolute Gasteiger partial charge is 0.462 e. The molecule has 4 aliphatic carbocycles. The highest BCUT2D eigenvalue weighted by molar-refractivity contribution is 5.69. The van der Waals surface area contributed by atoms with Gasteiger partial charge in [0, 0.05) is 12.8 Å². The third kappa shape index (κ3) is 8.93. The Balaban J connectivity index is 1.19. The summed E-state index contributed by atoms with van der Waals surface area (Å²) in [5.74, 6) is 5.34. The first kappa shape index (κ1) is 35.1. The minimum Gasteiger partial charge on any atom is -0.462 e. The smallest absolute Gasteiger partial charge is 0.306 e. The fraction of sp³-hybridized carbons (Fsp3) is 0.927. The van der Waals surface area contributed by atoms with Crippen molar-refractivity contribution in [3.05, 3.63) is 11.6 Å². The highest BCUT2D eigenvalue weighted by Crippen LogP contribution is 2.67. The fourth-order valence-electron chi connectivity index (χ4n) is 10.9. The van der Waals surface area contributed by atoms with E-state index in [4.69, 9.17) is 4.74 Å². The Morgan fingerprint density at radius 1 is 0.814 bits per heavy atom. The van der Waals surface area contributed by atoms with Crippen LogP contribution >= 0.6 is 0 Å². The molecule has 43 heavy (non-hydrogen) atoms. The van der Waals surface area contributed by atoms with Gasteiger partial charge < -0.3 is 4.74 Å². The van der Waals surface area contributed by atoms with Crippen molar-refractivity contribution in [1.82, 2.24) is 0 Å². The van der Waals surface area contributed by atoms with Crippen molar-refractivity contribution >= 4 is 5.97 Å². The molecule has 0 aromatic heterocycles. The van der Waals surface area contributed by atoms with Crippen LogP contribution in [0, 0.1) is 46.3 Å². The van der Waals surface area contributed by atoms with Gasteiger partial charge in [0.15, 0.2) is 0 Å². The van der Waals surface area contributed by atoms with E-state index in [0.29, 0.717) is 17.3 Å². The van der Waals surface area contributed by atoms with Gasteiger partial charge in [-0.3, -0.25) is 4.79 Å². The minimum absolute atomic E-state index is 0.0618. The maximum Gasteiger partial charge on any atom is 0.306 e. The number of fused-ring (bicyclic) bond motifs is 5. The van der Waals surface area contributed by atoms with Crippen LogP contribution in [0.1, 0.15) is 189 Å². The van der Waals surface area contributed by atoms with Crippen molar-refractivity contribution in [2.24, 2.45) is 46.3 Å². The van der Waals surface area contributed by atoms with Gasteiger partial charge in [0.2, 0.25) is 0 Å². The van der Waals surface area contributed by atoms with Crippen LogP contribution in [0.15, 0.2) is 11.6 Å². The maximum absolute atomic E-state index is 12.7. The van der Waals surface area contributed by atoms with Crippen LogP contribution in [-0.2, 0) is 9.53 Å². The first-order valence-corrected chi connectivity index (χ1v) is 19.6. The van der Waals surface area contributed by atoms with Crippen LogP contribution < -0.4 is 0 Å². The molecule has 8 atom stereocenters. The normalized spacial score (nSPS) is 34.3. The SMILES string of the molecule is CCCCCCCCCCCCCC(=O)O[C@H]1CC[C@@]2(C)C(=CC[C@H]3[C@H]4CC[C@H]([C@H](C)CCCC(C)C)[C@@]4(C)CC[C@H]32)C1. The number of esters is 1. The number of unbranched alkanes of at least 4 members (excludes halogenated alkanes) is 10. The van der Waals surface area contributed by atoms with Gasteiger partial charge in [0.25, 0.3) is 0 Å². The summed E-state index contributed by atoms with van der Waals surface area (Å²) in [5.41, 5.74) is 2.54. The van der Waals surface area contributed by atoms with Crippen LogP contribution in [0.3, 0.4) is 0 Å². The molecule has 0 spiro atoms. The summed E-state index contributed by atoms with van der Waals surface area (Å²) in [5, 5.41) is 0. The number of hydrogen-bond acceptors (Lipinski definition) is 2. The average molecular weight is 597 g/mol. The second kappa shape index (κ2) is 16.7. The van der Waals surface area contributed by atoms with Crippen molar-refractivity contribution in [3.63, 3.8) is 0 Å². The zero-order chi connectivity index (χ0) is 30.9. The molecule has 3 fully saturated rings. The zero-order valence-corrected chi connectivity index (χ0v) is 29.7. The zero-order valence-electron chi connectivity index (χ0n) is 29.7. The third-order valence-corrected chi connectivity index (χ3v) is 13.5. The molecule has 248 valence electrons. The van der Waals surface area contributed by atoms with Gasteiger partial charge in [-0.1, -0.05) is 137 Å². The van der Waals surface area contributed by atoms with Gasteiger partial charge in [-0.15, -0.1) is 0 Å². The van der Waals surface area contributed by atoms with E-state index >= 15 is 0 Å². The fourth-order valence-corrected chi connectivity index (χ4v) is 10.9. The molecule has 3 saturated carbocycles. The second-order valence-electron chi connectivity index (χ2n) is 16.9. The van der Waals surface area contributed by atoms with Crippen LogP contribution in [0.5, 0.6) is 0 Å². The van der Waals surface area contributed by atoms with Crippen LogP contribution in [0.2, 0.25) is 0 Å². The molecule has 0 heterocycles. The lowest BCUT2D eigenvalue weighted by Gasteiger charge is -2.58. The molecule has 0 bridgehead atoms. The number of rotatable bonds is 18. The quantitative estimate of drug-likeness (QED) is 0.0893. The molecule has 0 unspecified atom stereocenters. The van der Waals surface area contributed by atoms with Crippen molar-refractivity contribution in [3.8, 4) is 0 Å². The first-order valence-electron chi connectivity index (χ1n) is 19.6. The molecule has 2 nitrogen and oxygen atoms in total. The van der Waals surface area contributed by atoms with Crippen molar-refractivity contribution in [1.29, 1.82) is 0 Å². The van der Waals surface area contributed by atoms with E-state index in [-0.39, 0.29) is 12.1 Å². The van der Waals surface area contributed by atoms with Crippen molar-refractivity contribution in [2.75, 3.05) is 0 Å². The number of ether oxygens (including phenoxy) is 1. The number of hydrogen-bond donors (Lipinski definition) is 0. The topological polar surface area (TPSA) is 26.3 Å². The molecule has 0 saturated heterocycles. The minimum atomic E-state index is 0.0618. The predicted molar refractivity (Wildman–Crippen MR) is 184 cm³/mol. The van der Waals surface area contributed by atoms with E-state index in [1.54, 1.807) is 5.57 Å². The summed E-state index contributed by atoms with van der Waals surface area (Å²) in [4.78, 5) is 12.7. The lowest BCUT2D eigenvalue weighted by Crippen LogP contribution is -2.51. The number of allylic oxidation sites excluding steroid dienone is 1. The Hall–Kier alpha value is -0.790. The molecular formula is C41H72O2. The van der Waals surface area contributed by atoms with Gasteiger partial charge in [-0.2, -0.15) is 0 Å². The van der Waals surface area contributed by atoms with Crippen molar-refractivity contribution < 1.29 is 9.53 Å². The van der Waals surface area contributed by atoms with Gasteiger partial charge in [0.05, 0.1) is 0 Å². The summed E-state index contributed by atoms with van der Waals surface area (Å²) < 4.78 is 6.11. The first-order chi connectivity index (χ1) is 20.7. The molecule has 4 rings (SSSR count). The summed E-state index contributed by atoms with van der Waals surface area (Å²) in [6, 6.07) is 0. The van der Waals surface area contributed by atoms with Gasteiger partial charge in [-0.25, -0.2) is 0 Å². The molecule has 0 aromatic carbocycles. The molecule has 2 heteroatoms. The molecule has 0 amide bonds. The van der Waals surface area contributed by atoms with Crippen LogP contribution in [0.25, 0.3) is 0 Å². The Morgan fingerprint density at radius 2 is 1.49 bits per heavy atom. The Morgan fingerprint density at radius 3 is 2.16 bits per heavy atom. The lowest BCUT2D eigenvalue weighted by molar-refractivity contribution is -0.151. The number of carbonyl (C=O) groups is 1. The lowest BCUT2D eigenvalue weighted by atomic mass is 9.47. The predicted octanol–water partition coefficient (Wildman–Crippen LogP) is 12.6. The standard InChI is InChI=1S/C41H72O2/c1-7-8-9-10-11-12-13-14-15-16-17-21-39(42)43-34-26-28-40(5)33(30-34)22-23-35-37-25-24-36(32(4)20-18-19-31(2)3)41(37,6)29-27-38(35)40/h22,31-32,34-38H,7-21,23-30H2,1-6H3/t32-,34+,35+,36-,37-,38-,40+,41-/m1/s1. The van der Waals surface area contributed by atoms with Crippen LogP contribution in [0.4, 0.5) is 0 Å². The van der Waals surface area contributed by atoms with Gasteiger partial charge in [-0.05, 0) is 97.7 Å². The van der Waals surface area contributed by atoms with E-state index in [9.17, 15) is 4.79 Å². The second-order valence-corrected chi connectivity index (χ2v) is 16.9. The summed E-state index contributed by atoms with van der Waals surface area (Å²) in [7, 11) is 0. The molecular weight excluding hydrogens is 524 g/mol. The third-order valence-electron chi connectivity index (χ3n) is 13.5.